The predicted molar refractivity (Wildman–Crippen MR) is 37.4 cm³/mol. The summed E-state index contributed by atoms with van der Waals surface area (Å²) < 4.78 is 14.3. The van der Waals surface area contributed by atoms with Gasteiger partial charge in [-0.1, -0.05) is 13.8 Å². The first kappa shape index (κ1) is 8.01. The molecule has 0 bridgehead atoms. The molecule has 0 atom stereocenters. The van der Waals surface area contributed by atoms with Crippen LogP contribution in [0.15, 0.2) is 4.27 Å². The van der Waals surface area contributed by atoms with Crippen molar-refractivity contribution in [3.63, 3.8) is 0 Å². The molecular formula is C4H10BNOS. The van der Waals surface area contributed by atoms with E-state index in [-0.39, 0.29) is 0 Å². The number of hydrogen-bond acceptors (Lipinski definition) is 2. The van der Waals surface area contributed by atoms with Gasteiger partial charge in [-0.15, -0.1) is 0 Å². The summed E-state index contributed by atoms with van der Waals surface area (Å²) in [6, 6.07) is 0. The van der Waals surface area contributed by atoms with Crippen molar-refractivity contribution in [2.24, 2.45) is 4.27 Å². The van der Waals surface area contributed by atoms with E-state index in [9.17, 15) is 4.21 Å². The Bertz CT molecular complexity index is 149. The normalized spacial score (nSPS) is 11.2. The SMILES string of the molecule is [B]N=S(=O)(CC)CC. The Morgan fingerprint density at radius 2 is 1.88 bits per heavy atom. The van der Waals surface area contributed by atoms with Gasteiger partial charge in [0.1, 0.15) is 0 Å². The lowest BCUT2D eigenvalue weighted by Gasteiger charge is -1.99. The molecule has 2 radical (unpaired) electrons. The molecular weight excluding hydrogens is 121 g/mol. The molecule has 0 amide bonds. The first-order valence-electron chi connectivity index (χ1n) is 2.60. The third-order valence-corrected chi connectivity index (χ3v) is 3.28. The first-order valence-corrected chi connectivity index (χ1v) is 4.45. The molecule has 0 aromatic heterocycles. The van der Waals surface area contributed by atoms with Gasteiger partial charge < -0.3 is 4.27 Å². The highest BCUT2D eigenvalue weighted by Crippen LogP contribution is 1.91. The maximum absolute atomic E-state index is 11.0. The zero-order valence-electron chi connectivity index (χ0n) is 5.26. The third-order valence-electron chi connectivity index (χ3n) is 1.09. The van der Waals surface area contributed by atoms with Gasteiger partial charge in [0.05, 0.1) is 0 Å². The molecule has 46 valence electrons. The summed E-state index contributed by atoms with van der Waals surface area (Å²) in [6.45, 7) is 3.64. The van der Waals surface area contributed by atoms with Crippen LogP contribution in [-0.2, 0) is 9.73 Å². The highest BCUT2D eigenvalue weighted by molar-refractivity contribution is 7.93. The topological polar surface area (TPSA) is 29.4 Å². The second-order valence-electron chi connectivity index (χ2n) is 1.46. The second-order valence-corrected chi connectivity index (χ2v) is 4.37. The molecule has 0 spiro atoms. The van der Waals surface area contributed by atoms with Gasteiger partial charge in [0, 0.05) is 21.2 Å². The molecule has 0 saturated carbocycles. The van der Waals surface area contributed by atoms with Crippen molar-refractivity contribution in [1.29, 1.82) is 0 Å². The van der Waals surface area contributed by atoms with Gasteiger partial charge >= 0.3 is 0 Å². The van der Waals surface area contributed by atoms with Crippen LogP contribution in [0, 0.1) is 0 Å². The minimum atomic E-state index is -2.00. The molecule has 0 fully saturated rings. The highest BCUT2D eigenvalue weighted by atomic mass is 32.2. The van der Waals surface area contributed by atoms with Gasteiger partial charge in [-0.05, 0) is 0 Å². The van der Waals surface area contributed by atoms with Crippen molar-refractivity contribution >= 4 is 17.7 Å². The quantitative estimate of drug-likeness (QED) is 0.504. The van der Waals surface area contributed by atoms with Gasteiger partial charge in [0.2, 0.25) is 0 Å². The lowest BCUT2D eigenvalue weighted by Crippen LogP contribution is -2.04. The molecule has 0 aromatic rings. The fourth-order valence-electron chi connectivity index (χ4n) is 0.353. The van der Waals surface area contributed by atoms with E-state index in [4.69, 9.17) is 7.98 Å². The Kier molecular flexibility index (Phi) is 3.13. The Morgan fingerprint density at radius 3 is 1.88 bits per heavy atom. The molecule has 4 heteroatoms. The van der Waals surface area contributed by atoms with E-state index in [1.165, 1.54) is 0 Å². The van der Waals surface area contributed by atoms with Crippen LogP contribution in [0.3, 0.4) is 0 Å². The molecule has 0 N–H and O–H groups in total. The van der Waals surface area contributed by atoms with Crippen LogP contribution in [0.4, 0.5) is 0 Å². The van der Waals surface area contributed by atoms with Crippen LogP contribution in [0.25, 0.3) is 0 Å². The summed E-state index contributed by atoms with van der Waals surface area (Å²) in [5, 5.41) is 0. The van der Waals surface area contributed by atoms with E-state index >= 15 is 0 Å². The van der Waals surface area contributed by atoms with Crippen LogP contribution in [0.5, 0.6) is 0 Å². The minimum Gasteiger partial charge on any atom is -0.313 e. The average Bonchev–Trinajstić information content (AvgIpc) is 1.87. The van der Waals surface area contributed by atoms with Crippen molar-refractivity contribution in [2.75, 3.05) is 11.5 Å². The standard InChI is InChI=1S/C4H10BNOS/c1-3-8(7,4-2)6-5/h3-4H2,1-2H3. The smallest absolute Gasteiger partial charge is 0.273 e. The van der Waals surface area contributed by atoms with Crippen molar-refractivity contribution in [3.05, 3.63) is 0 Å². The molecule has 0 heterocycles. The Morgan fingerprint density at radius 1 is 1.50 bits per heavy atom. The van der Waals surface area contributed by atoms with E-state index in [1.807, 2.05) is 13.8 Å². The van der Waals surface area contributed by atoms with Crippen molar-refractivity contribution < 1.29 is 4.21 Å². The monoisotopic (exact) mass is 131 g/mol. The van der Waals surface area contributed by atoms with E-state index in [0.29, 0.717) is 11.5 Å². The lowest BCUT2D eigenvalue weighted by molar-refractivity contribution is 0.679. The fourth-order valence-corrected chi connectivity index (χ4v) is 1.06. The van der Waals surface area contributed by atoms with Crippen LogP contribution in [-0.4, -0.2) is 23.7 Å². The number of rotatable bonds is 2. The van der Waals surface area contributed by atoms with Gasteiger partial charge in [-0.2, -0.15) is 0 Å². The number of hydrogen-bond donors (Lipinski definition) is 0. The highest BCUT2D eigenvalue weighted by Gasteiger charge is 1.96. The zero-order valence-corrected chi connectivity index (χ0v) is 6.07. The van der Waals surface area contributed by atoms with Gasteiger partial charge in [-0.25, -0.2) is 0 Å². The van der Waals surface area contributed by atoms with Gasteiger partial charge in [0.15, 0.2) is 0 Å². The first-order chi connectivity index (χ1) is 3.68. The summed E-state index contributed by atoms with van der Waals surface area (Å²) >= 11 is 0. The van der Waals surface area contributed by atoms with E-state index in [1.54, 1.807) is 0 Å². The van der Waals surface area contributed by atoms with Crippen LogP contribution in [0.1, 0.15) is 13.8 Å². The molecule has 0 rings (SSSR count). The predicted octanol–water partition coefficient (Wildman–Crippen LogP) is 0.578. The minimum absolute atomic E-state index is 0.556. The van der Waals surface area contributed by atoms with Crippen molar-refractivity contribution in [2.45, 2.75) is 13.8 Å². The largest absolute Gasteiger partial charge is 0.313 e. The molecule has 0 aromatic carbocycles. The zero-order chi connectivity index (χ0) is 6.62. The third kappa shape index (κ3) is 1.86. The summed E-state index contributed by atoms with van der Waals surface area (Å²) in [5.74, 6) is 1.11. The Balaban J connectivity index is 4.26. The molecule has 0 unspecified atom stereocenters. The summed E-state index contributed by atoms with van der Waals surface area (Å²) in [6.07, 6.45) is 0. The van der Waals surface area contributed by atoms with Crippen molar-refractivity contribution in [3.8, 4) is 0 Å². The molecule has 0 aliphatic rings. The van der Waals surface area contributed by atoms with Gasteiger partial charge in [0.25, 0.3) is 7.98 Å². The van der Waals surface area contributed by atoms with Crippen LogP contribution >= 0.6 is 0 Å². The number of nitrogens with zero attached hydrogens (tertiary/aromatic N) is 1. The fraction of sp³-hybridized carbons (Fsp3) is 1.00. The van der Waals surface area contributed by atoms with E-state index in [0.717, 1.165) is 0 Å². The van der Waals surface area contributed by atoms with Crippen LogP contribution < -0.4 is 0 Å². The Hall–Kier alpha value is 0.0149. The molecule has 0 aliphatic heterocycles. The lowest BCUT2D eigenvalue weighted by atomic mass is 10.5. The van der Waals surface area contributed by atoms with E-state index < -0.39 is 9.73 Å². The summed E-state index contributed by atoms with van der Waals surface area (Å²) in [7, 11) is 2.88. The Labute approximate surface area is 52.3 Å². The second kappa shape index (κ2) is 3.12. The summed E-state index contributed by atoms with van der Waals surface area (Å²) in [4.78, 5) is 0. The van der Waals surface area contributed by atoms with Crippen LogP contribution in [0.2, 0.25) is 0 Å². The average molecular weight is 131 g/mol. The maximum Gasteiger partial charge on any atom is 0.273 e. The van der Waals surface area contributed by atoms with E-state index in [2.05, 4.69) is 4.27 Å². The van der Waals surface area contributed by atoms with Crippen molar-refractivity contribution in [1.82, 2.24) is 0 Å². The molecule has 0 aliphatic carbocycles. The summed E-state index contributed by atoms with van der Waals surface area (Å²) in [5.41, 5.74) is 0. The molecule has 8 heavy (non-hydrogen) atoms. The maximum atomic E-state index is 11.0. The molecule has 2 nitrogen and oxygen atoms in total. The van der Waals surface area contributed by atoms with Gasteiger partial charge in [-0.3, -0.25) is 4.21 Å². The molecule has 0 saturated heterocycles.